The first-order valence-electron chi connectivity index (χ1n) is 3.36. The van der Waals surface area contributed by atoms with Crippen molar-refractivity contribution in [2.45, 2.75) is 0 Å². The van der Waals surface area contributed by atoms with Crippen LogP contribution in [0, 0.1) is 0 Å². The van der Waals surface area contributed by atoms with Crippen LogP contribution in [0.3, 0.4) is 0 Å². The molecule has 0 bridgehead atoms. The van der Waals surface area contributed by atoms with Crippen LogP contribution in [0.25, 0.3) is 0 Å². The fourth-order valence-electron chi connectivity index (χ4n) is 0.884. The molecule has 3 nitrogen and oxygen atoms in total. The molecule has 0 saturated heterocycles. The fraction of sp³-hybridized carbons (Fsp3) is 0.250. The average Bonchev–Trinajstić information content (AvgIpc) is 2.08. The first-order valence-corrected chi connectivity index (χ1v) is 3.74. The van der Waals surface area contributed by atoms with Crippen molar-refractivity contribution in [3.05, 3.63) is 17.2 Å². The van der Waals surface area contributed by atoms with Crippen molar-refractivity contribution in [3.63, 3.8) is 0 Å². The molecular weight excluding hydrogens is 213 g/mol. The maximum absolute atomic E-state index is 5.82. The lowest BCUT2D eigenvalue weighted by Gasteiger charge is -2.08. The van der Waals surface area contributed by atoms with E-state index in [-0.39, 0.29) is 12.4 Å². The highest BCUT2D eigenvalue weighted by atomic mass is 35.5. The summed E-state index contributed by atoms with van der Waals surface area (Å²) in [5.41, 5.74) is 6.13. The van der Waals surface area contributed by atoms with E-state index in [1.54, 1.807) is 12.1 Å². The van der Waals surface area contributed by atoms with E-state index in [9.17, 15) is 0 Å². The van der Waals surface area contributed by atoms with Crippen molar-refractivity contribution in [2.75, 3.05) is 20.0 Å². The summed E-state index contributed by atoms with van der Waals surface area (Å²) in [4.78, 5) is 0. The van der Waals surface area contributed by atoms with E-state index < -0.39 is 0 Å². The number of methoxy groups -OCH3 is 2. The number of halogens is 2. The number of nitrogen functional groups attached to an aromatic ring is 1. The summed E-state index contributed by atoms with van der Waals surface area (Å²) in [6.45, 7) is 0. The molecule has 1 aromatic carbocycles. The van der Waals surface area contributed by atoms with Gasteiger partial charge < -0.3 is 15.2 Å². The molecule has 0 heterocycles. The van der Waals surface area contributed by atoms with Gasteiger partial charge in [0.2, 0.25) is 0 Å². The maximum atomic E-state index is 5.82. The van der Waals surface area contributed by atoms with E-state index in [4.69, 9.17) is 26.8 Å². The normalized spacial score (nSPS) is 8.85. The summed E-state index contributed by atoms with van der Waals surface area (Å²) in [5, 5.41) is 0.489. The number of hydrogen-bond acceptors (Lipinski definition) is 3. The van der Waals surface area contributed by atoms with E-state index >= 15 is 0 Å². The third-order valence-electron chi connectivity index (χ3n) is 1.50. The minimum Gasteiger partial charge on any atom is -0.495 e. The van der Waals surface area contributed by atoms with E-state index in [1.807, 2.05) is 0 Å². The molecule has 1 rings (SSSR count). The molecule has 5 heteroatoms. The van der Waals surface area contributed by atoms with Gasteiger partial charge in [-0.2, -0.15) is 0 Å². The smallest absolute Gasteiger partial charge is 0.143 e. The lowest BCUT2D eigenvalue weighted by atomic mass is 10.3. The molecule has 0 aromatic heterocycles. The third-order valence-corrected chi connectivity index (χ3v) is 1.80. The molecule has 0 aliphatic carbocycles. The number of nitrogens with two attached hydrogens (primary N) is 1. The van der Waals surface area contributed by atoms with Crippen LogP contribution in [0.4, 0.5) is 5.69 Å². The molecule has 0 saturated carbocycles. The van der Waals surface area contributed by atoms with Gasteiger partial charge in [0, 0.05) is 12.1 Å². The number of hydrogen-bond donors (Lipinski definition) is 1. The van der Waals surface area contributed by atoms with Crippen LogP contribution in [0.1, 0.15) is 0 Å². The standard InChI is InChI=1S/C8H10ClNO2.ClH/c1-11-7-4-6(10)8(12-2)3-5(7)9;/h3-4H,10H2,1-2H3;1H. The second-order valence-electron chi connectivity index (χ2n) is 2.23. The zero-order valence-electron chi connectivity index (χ0n) is 7.33. The minimum atomic E-state index is 0. The van der Waals surface area contributed by atoms with Gasteiger partial charge in [0.1, 0.15) is 11.5 Å². The predicted molar refractivity (Wildman–Crippen MR) is 56.2 cm³/mol. The first kappa shape index (κ1) is 12.2. The van der Waals surface area contributed by atoms with Gasteiger partial charge in [-0.05, 0) is 0 Å². The molecule has 13 heavy (non-hydrogen) atoms. The van der Waals surface area contributed by atoms with Crippen molar-refractivity contribution < 1.29 is 9.47 Å². The van der Waals surface area contributed by atoms with E-state index in [2.05, 4.69) is 0 Å². The lowest BCUT2D eigenvalue weighted by molar-refractivity contribution is 0.405. The Morgan fingerprint density at radius 3 is 2.15 bits per heavy atom. The molecule has 0 fully saturated rings. The Labute approximate surface area is 88.2 Å². The maximum Gasteiger partial charge on any atom is 0.143 e. The van der Waals surface area contributed by atoms with Gasteiger partial charge in [0.25, 0.3) is 0 Å². The Morgan fingerprint density at radius 1 is 1.15 bits per heavy atom. The molecule has 74 valence electrons. The second-order valence-corrected chi connectivity index (χ2v) is 2.64. The molecular formula is C8H11Cl2NO2. The van der Waals surface area contributed by atoms with Crippen LogP contribution in [0.2, 0.25) is 5.02 Å². The Morgan fingerprint density at radius 2 is 1.69 bits per heavy atom. The second kappa shape index (κ2) is 5.04. The minimum absolute atomic E-state index is 0. The molecule has 0 amide bonds. The van der Waals surface area contributed by atoms with Crippen LogP contribution < -0.4 is 15.2 Å². The van der Waals surface area contributed by atoms with E-state index in [0.717, 1.165) is 0 Å². The average molecular weight is 224 g/mol. The summed E-state index contributed by atoms with van der Waals surface area (Å²) in [5.74, 6) is 1.11. The number of anilines is 1. The van der Waals surface area contributed by atoms with Gasteiger partial charge in [-0.15, -0.1) is 12.4 Å². The van der Waals surface area contributed by atoms with Crippen molar-refractivity contribution in [1.82, 2.24) is 0 Å². The highest BCUT2D eigenvalue weighted by molar-refractivity contribution is 6.32. The van der Waals surface area contributed by atoms with Gasteiger partial charge in [-0.25, -0.2) is 0 Å². The SMILES string of the molecule is COc1cc(Cl)c(OC)cc1N.Cl. The summed E-state index contributed by atoms with van der Waals surface area (Å²) in [7, 11) is 3.07. The van der Waals surface area contributed by atoms with Gasteiger partial charge in [-0.1, -0.05) is 11.6 Å². The topological polar surface area (TPSA) is 44.5 Å². The van der Waals surface area contributed by atoms with Crippen molar-refractivity contribution in [1.29, 1.82) is 0 Å². The number of ether oxygens (including phenoxy) is 2. The quantitative estimate of drug-likeness (QED) is 0.784. The Hall–Kier alpha value is -0.800. The monoisotopic (exact) mass is 223 g/mol. The number of rotatable bonds is 2. The van der Waals surface area contributed by atoms with E-state index in [1.165, 1.54) is 14.2 Å². The van der Waals surface area contributed by atoms with Crippen molar-refractivity contribution in [3.8, 4) is 11.5 Å². The molecule has 0 spiro atoms. The largest absolute Gasteiger partial charge is 0.495 e. The van der Waals surface area contributed by atoms with Crippen molar-refractivity contribution in [2.24, 2.45) is 0 Å². The van der Waals surface area contributed by atoms with Gasteiger partial charge in [0.15, 0.2) is 0 Å². The Balaban J connectivity index is 0.00000144. The van der Waals surface area contributed by atoms with Gasteiger partial charge >= 0.3 is 0 Å². The predicted octanol–water partition coefficient (Wildman–Crippen LogP) is 2.36. The third kappa shape index (κ3) is 2.57. The van der Waals surface area contributed by atoms with Crippen LogP contribution >= 0.6 is 24.0 Å². The zero-order valence-corrected chi connectivity index (χ0v) is 8.91. The van der Waals surface area contributed by atoms with Crippen molar-refractivity contribution >= 4 is 29.7 Å². The fourth-order valence-corrected chi connectivity index (χ4v) is 1.11. The zero-order chi connectivity index (χ0) is 9.14. The molecule has 0 aliphatic rings. The molecule has 0 unspecified atom stereocenters. The Kier molecular flexibility index (Phi) is 4.73. The molecule has 2 N–H and O–H groups in total. The van der Waals surface area contributed by atoms with Crippen LogP contribution in [0.15, 0.2) is 12.1 Å². The lowest BCUT2D eigenvalue weighted by Crippen LogP contribution is -1.94. The summed E-state index contributed by atoms with van der Waals surface area (Å²) in [6, 6.07) is 3.25. The first-order chi connectivity index (χ1) is 5.69. The van der Waals surface area contributed by atoms with Crippen LogP contribution in [-0.2, 0) is 0 Å². The molecule has 0 aliphatic heterocycles. The summed E-state index contributed by atoms with van der Waals surface area (Å²) >= 11 is 5.82. The summed E-state index contributed by atoms with van der Waals surface area (Å²) in [6.07, 6.45) is 0. The Bertz CT molecular complexity index is 262. The highest BCUT2D eigenvalue weighted by Gasteiger charge is 2.06. The molecule has 0 atom stereocenters. The highest BCUT2D eigenvalue weighted by Crippen LogP contribution is 2.33. The molecule has 0 radical (unpaired) electrons. The van der Waals surface area contributed by atoms with Crippen LogP contribution in [-0.4, -0.2) is 14.2 Å². The number of benzene rings is 1. The summed E-state index contributed by atoms with van der Waals surface area (Å²) < 4.78 is 9.92. The van der Waals surface area contributed by atoms with Gasteiger partial charge in [-0.3, -0.25) is 0 Å². The molecule has 1 aromatic rings. The van der Waals surface area contributed by atoms with Crippen LogP contribution in [0.5, 0.6) is 11.5 Å². The van der Waals surface area contributed by atoms with Gasteiger partial charge in [0.05, 0.1) is 24.9 Å². The van der Waals surface area contributed by atoms with E-state index in [0.29, 0.717) is 22.2 Å².